The van der Waals surface area contributed by atoms with Crippen LogP contribution < -0.4 is 10.1 Å². The number of aromatic nitrogens is 3. The zero-order chi connectivity index (χ0) is 22.7. The minimum Gasteiger partial charge on any atom is -0.493 e. The van der Waals surface area contributed by atoms with Crippen LogP contribution in [0.1, 0.15) is 10.4 Å². The minimum absolute atomic E-state index is 0.138. The molecule has 1 N–H and O–H groups in total. The molecule has 0 spiro atoms. The Labute approximate surface area is 187 Å². The lowest BCUT2D eigenvalue weighted by atomic mass is 10.2. The van der Waals surface area contributed by atoms with E-state index in [0.29, 0.717) is 39.3 Å². The molecule has 4 rings (SSSR count). The predicted molar refractivity (Wildman–Crippen MR) is 120 cm³/mol. The van der Waals surface area contributed by atoms with E-state index in [1.165, 1.54) is 18.9 Å². The molecular weight excluding hydrogens is 432 g/mol. The number of furan rings is 1. The maximum Gasteiger partial charge on any atom is 0.337 e. The number of amides is 1. The van der Waals surface area contributed by atoms with Crippen LogP contribution in [0.4, 0.5) is 5.69 Å². The number of hydrogen-bond acceptors (Lipinski definition) is 8. The maximum atomic E-state index is 12.3. The van der Waals surface area contributed by atoms with Crippen molar-refractivity contribution in [1.82, 2.24) is 14.8 Å². The van der Waals surface area contributed by atoms with Gasteiger partial charge in [0, 0.05) is 18.1 Å². The van der Waals surface area contributed by atoms with Crippen LogP contribution in [0, 0.1) is 0 Å². The predicted octanol–water partition coefficient (Wildman–Crippen LogP) is 3.75. The van der Waals surface area contributed by atoms with Crippen molar-refractivity contribution in [3.05, 3.63) is 54.1 Å². The molecule has 0 bridgehead atoms. The summed E-state index contributed by atoms with van der Waals surface area (Å²) in [6, 6.07) is 14.0. The summed E-state index contributed by atoms with van der Waals surface area (Å²) in [4.78, 5) is 23.8. The van der Waals surface area contributed by atoms with Gasteiger partial charge in [-0.3, -0.25) is 4.79 Å². The summed E-state index contributed by atoms with van der Waals surface area (Å²) in [5, 5.41) is 12.6. The Morgan fingerprint density at radius 1 is 1.12 bits per heavy atom. The van der Waals surface area contributed by atoms with E-state index in [0.717, 1.165) is 5.39 Å². The van der Waals surface area contributed by atoms with E-state index in [1.54, 1.807) is 35.9 Å². The molecular formula is C22H20N4O5S. The number of nitrogens with one attached hydrogen (secondary N) is 1. The number of para-hydroxylation sites is 1. The van der Waals surface area contributed by atoms with E-state index in [4.69, 9.17) is 9.15 Å². The van der Waals surface area contributed by atoms with Crippen LogP contribution >= 0.6 is 11.8 Å². The lowest BCUT2D eigenvalue weighted by Gasteiger charge is -2.06. The molecule has 2 aromatic carbocycles. The largest absolute Gasteiger partial charge is 0.493 e. The van der Waals surface area contributed by atoms with Crippen LogP contribution in [-0.4, -0.2) is 46.6 Å². The highest BCUT2D eigenvalue weighted by molar-refractivity contribution is 7.99. The van der Waals surface area contributed by atoms with E-state index in [1.807, 2.05) is 31.3 Å². The molecule has 164 valence electrons. The fourth-order valence-electron chi connectivity index (χ4n) is 3.10. The third-order valence-corrected chi connectivity index (χ3v) is 5.73. The van der Waals surface area contributed by atoms with Gasteiger partial charge in [0.25, 0.3) is 0 Å². The number of nitrogens with zero attached hydrogens (tertiary/aromatic N) is 3. The van der Waals surface area contributed by atoms with Crippen molar-refractivity contribution in [2.75, 3.05) is 25.3 Å². The van der Waals surface area contributed by atoms with Gasteiger partial charge in [-0.2, -0.15) is 0 Å². The average molecular weight is 452 g/mol. The van der Waals surface area contributed by atoms with Crippen molar-refractivity contribution < 1.29 is 23.5 Å². The zero-order valence-electron chi connectivity index (χ0n) is 17.6. The number of carbonyl (C=O) groups excluding carboxylic acids is 2. The number of benzene rings is 2. The lowest BCUT2D eigenvalue weighted by molar-refractivity contribution is -0.113. The molecule has 9 nitrogen and oxygen atoms in total. The van der Waals surface area contributed by atoms with Gasteiger partial charge in [0.1, 0.15) is 0 Å². The fourth-order valence-corrected chi connectivity index (χ4v) is 3.81. The molecule has 0 saturated heterocycles. The molecule has 0 aliphatic rings. The van der Waals surface area contributed by atoms with Gasteiger partial charge in [0.2, 0.25) is 5.91 Å². The van der Waals surface area contributed by atoms with E-state index >= 15 is 0 Å². The summed E-state index contributed by atoms with van der Waals surface area (Å²) < 4.78 is 17.7. The van der Waals surface area contributed by atoms with Crippen LogP contribution in [0.5, 0.6) is 5.75 Å². The molecule has 0 fully saturated rings. The third kappa shape index (κ3) is 4.30. The van der Waals surface area contributed by atoms with Gasteiger partial charge in [-0.25, -0.2) is 4.79 Å². The van der Waals surface area contributed by atoms with Gasteiger partial charge in [0.15, 0.2) is 28.1 Å². The smallest absolute Gasteiger partial charge is 0.337 e. The number of rotatable bonds is 7. The molecule has 32 heavy (non-hydrogen) atoms. The summed E-state index contributed by atoms with van der Waals surface area (Å²) >= 11 is 1.25. The summed E-state index contributed by atoms with van der Waals surface area (Å²) in [7, 11) is 4.72. The molecule has 10 heteroatoms. The number of hydrogen-bond donors (Lipinski definition) is 1. The Balaban J connectivity index is 1.42. The van der Waals surface area contributed by atoms with Crippen molar-refractivity contribution in [3.8, 4) is 17.3 Å². The first-order chi connectivity index (χ1) is 15.5. The number of fused-ring (bicyclic) bond motifs is 1. The first-order valence-electron chi connectivity index (χ1n) is 9.57. The van der Waals surface area contributed by atoms with Gasteiger partial charge in [-0.05, 0) is 36.4 Å². The van der Waals surface area contributed by atoms with Crippen molar-refractivity contribution >= 4 is 40.3 Å². The molecule has 2 heterocycles. The van der Waals surface area contributed by atoms with Gasteiger partial charge in [-0.1, -0.05) is 23.9 Å². The number of ether oxygens (including phenoxy) is 2. The number of esters is 1. The highest BCUT2D eigenvalue weighted by atomic mass is 32.2. The molecule has 0 saturated carbocycles. The van der Waals surface area contributed by atoms with Gasteiger partial charge in [-0.15, -0.1) is 10.2 Å². The second-order valence-electron chi connectivity index (χ2n) is 6.76. The lowest BCUT2D eigenvalue weighted by Crippen LogP contribution is -2.14. The fraction of sp³-hybridized carbons (Fsp3) is 0.182. The Morgan fingerprint density at radius 3 is 2.62 bits per heavy atom. The molecule has 1 amide bonds. The molecule has 0 aliphatic heterocycles. The molecule has 0 unspecified atom stereocenters. The van der Waals surface area contributed by atoms with Crippen LogP contribution in [0.2, 0.25) is 0 Å². The van der Waals surface area contributed by atoms with E-state index in [9.17, 15) is 9.59 Å². The standard InChI is InChI=1S/C22H20N4O5S/c1-26-20(17-11-14-5-4-6-16(29-2)19(14)31-17)24-25-22(26)32-12-18(27)23-15-9-7-13(8-10-15)21(28)30-3/h4-11H,12H2,1-3H3,(H,23,27). The zero-order valence-corrected chi connectivity index (χ0v) is 18.4. The maximum absolute atomic E-state index is 12.3. The molecule has 0 aliphatic carbocycles. The summed E-state index contributed by atoms with van der Waals surface area (Å²) in [6.45, 7) is 0. The first kappa shape index (κ1) is 21.4. The van der Waals surface area contributed by atoms with Crippen LogP contribution in [0.25, 0.3) is 22.6 Å². The number of carbonyl (C=O) groups is 2. The number of anilines is 1. The summed E-state index contributed by atoms with van der Waals surface area (Å²) in [6.07, 6.45) is 0. The minimum atomic E-state index is -0.431. The second-order valence-corrected chi connectivity index (χ2v) is 7.70. The highest BCUT2D eigenvalue weighted by Gasteiger charge is 2.18. The SMILES string of the molecule is COC(=O)c1ccc(NC(=O)CSc2nnc(-c3cc4cccc(OC)c4o3)n2C)cc1. The van der Waals surface area contributed by atoms with Crippen LogP contribution in [0.3, 0.4) is 0 Å². The van der Waals surface area contributed by atoms with E-state index in [2.05, 4.69) is 20.3 Å². The molecule has 4 aromatic rings. The van der Waals surface area contributed by atoms with E-state index < -0.39 is 5.97 Å². The monoisotopic (exact) mass is 452 g/mol. The summed E-state index contributed by atoms with van der Waals surface area (Å²) in [5.74, 6) is 1.24. The van der Waals surface area contributed by atoms with Gasteiger partial charge < -0.3 is 23.8 Å². The highest BCUT2D eigenvalue weighted by Crippen LogP contribution is 2.33. The quantitative estimate of drug-likeness (QED) is 0.334. The van der Waals surface area contributed by atoms with Gasteiger partial charge >= 0.3 is 5.97 Å². The Bertz CT molecular complexity index is 1280. The third-order valence-electron chi connectivity index (χ3n) is 4.71. The van der Waals surface area contributed by atoms with Crippen LogP contribution in [-0.2, 0) is 16.6 Å². The van der Waals surface area contributed by atoms with Crippen molar-refractivity contribution in [2.24, 2.45) is 7.05 Å². The van der Waals surface area contributed by atoms with Crippen molar-refractivity contribution in [3.63, 3.8) is 0 Å². The van der Waals surface area contributed by atoms with Gasteiger partial charge in [0.05, 0.1) is 25.5 Å². The van der Waals surface area contributed by atoms with Crippen LogP contribution in [0.15, 0.2) is 58.1 Å². The Hall–Kier alpha value is -3.79. The molecule has 0 radical (unpaired) electrons. The molecule has 0 atom stereocenters. The molecule has 2 aromatic heterocycles. The summed E-state index contributed by atoms with van der Waals surface area (Å²) in [5.41, 5.74) is 1.63. The normalized spacial score (nSPS) is 10.8. The number of thioether (sulfide) groups is 1. The second kappa shape index (κ2) is 9.15. The topological polar surface area (TPSA) is 108 Å². The average Bonchev–Trinajstić information content (AvgIpc) is 3.40. The van der Waals surface area contributed by atoms with Crippen molar-refractivity contribution in [2.45, 2.75) is 5.16 Å². The first-order valence-corrected chi connectivity index (χ1v) is 10.6. The number of methoxy groups -OCH3 is 2. The van der Waals surface area contributed by atoms with Crippen molar-refractivity contribution in [1.29, 1.82) is 0 Å². The Kier molecular flexibility index (Phi) is 6.13. The van der Waals surface area contributed by atoms with E-state index in [-0.39, 0.29) is 11.7 Å². The Morgan fingerprint density at radius 2 is 1.91 bits per heavy atom.